The maximum atomic E-state index is 13.6. The Bertz CT molecular complexity index is 587. The first-order valence-corrected chi connectivity index (χ1v) is 7.99. The van der Waals surface area contributed by atoms with Crippen LogP contribution in [0.4, 0.5) is 4.39 Å². The Balaban J connectivity index is 3.10. The van der Waals surface area contributed by atoms with E-state index in [9.17, 15) is 17.6 Å². The normalized spacial score (nSPS) is 13.4. The predicted molar refractivity (Wildman–Crippen MR) is 71.2 cm³/mol. The van der Waals surface area contributed by atoms with E-state index in [0.29, 0.717) is 0 Å². The molecule has 0 aromatic heterocycles. The molecule has 0 radical (unpaired) electrons. The zero-order valence-electron chi connectivity index (χ0n) is 10.8. The van der Waals surface area contributed by atoms with E-state index in [0.717, 1.165) is 18.2 Å². The van der Waals surface area contributed by atoms with Crippen LogP contribution in [0.15, 0.2) is 23.1 Å². The molecule has 19 heavy (non-hydrogen) atoms. The average Bonchev–Trinajstić information content (AvgIpc) is 2.27. The number of nitrogens with one attached hydrogen (secondary N) is 1. The van der Waals surface area contributed by atoms with Gasteiger partial charge in [-0.3, -0.25) is 4.79 Å². The fourth-order valence-corrected chi connectivity index (χ4v) is 2.06. The zero-order valence-corrected chi connectivity index (χ0v) is 12.3. The summed E-state index contributed by atoms with van der Waals surface area (Å²) in [5.41, 5.74) is -0.339. The van der Waals surface area contributed by atoms with Gasteiger partial charge in [0, 0.05) is 16.7 Å². The van der Waals surface area contributed by atoms with Crippen LogP contribution in [0.5, 0.6) is 0 Å². The number of hydrogen-bond acceptors (Lipinski definition) is 3. The molecule has 0 bridgehead atoms. The lowest BCUT2D eigenvalue weighted by atomic mass is 10.1. The molecular formula is C12H15ClFNO3S. The highest BCUT2D eigenvalue weighted by molar-refractivity contribution is 8.13. The van der Waals surface area contributed by atoms with E-state index >= 15 is 0 Å². The highest BCUT2D eigenvalue weighted by Crippen LogP contribution is 2.19. The topological polar surface area (TPSA) is 63.2 Å². The average molecular weight is 308 g/mol. The summed E-state index contributed by atoms with van der Waals surface area (Å²) < 4.78 is 35.9. The molecule has 106 valence electrons. The Morgan fingerprint density at radius 2 is 1.89 bits per heavy atom. The van der Waals surface area contributed by atoms with E-state index in [4.69, 9.17) is 10.7 Å². The number of benzene rings is 1. The molecule has 1 aromatic carbocycles. The highest BCUT2D eigenvalue weighted by atomic mass is 35.7. The Kier molecular flexibility index (Phi) is 4.92. The van der Waals surface area contributed by atoms with Crippen molar-refractivity contribution in [1.82, 2.24) is 5.32 Å². The Hall–Kier alpha value is -1.14. The van der Waals surface area contributed by atoms with Gasteiger partial charge in [0.05, 0.1) is 10.5 Å². The van der Waals surface area contributed by atoms with Crippen molar-refractivity contribution in [2.45, 2.75) is 31.7 Å². The molecule has 0 spiro atoms. The van der Waals surface area contributed by atoms with Gasteiger partial charge in [-0.05, 0) is 31.0 Å². The van der Waals surface area contributed by atoms with Crippen LogP contribution in [0.25, 0.3) is 0 Å². The van der Waals surface area contributed by atoms with Crippen LogP contribution < -0.4 is 5.32 Å². The van der Waals surface area contributed by atoms with Gasteiger partial charge in [-0.25, -0.2) is 12.8 Å². The number of halogens is 2. The zero-order chi connectivity index (χ0) is 14.8. The summed E-state index contributed by atoms with van der Waals surface area (Å²) >= 11 is 0. The largest absolute Gasteiger partial charge is 0.349 e. The monoisotopic (exact) mass is 307 g/mol. The number of carbonyl (C=O) groups is 1. The Labute approximate surface area is 116 Å². The number of rotatable bonds is 4. The minimum absolute atomic E-state index is 0.164. The summed E-state index contributed by atoms with van der Waals surface area (Å²) in [5.74, 6) is -1.29. The molecule has 4 nitrogen and oxygen atoms in total. The SMILES string of the molecule is CC(C)C(C)NC(=O)c1cc(S(=O)(=O)Cl)ccc1F. The van der Waals surface area contributed by atoms with Gasteiger partial charge in [0.25, 0.3) is 15.0 Å². The van der Waals surface area contributed by atoms with Crippen LogP contribution >= 0.6 is 10.7 Å². The molecule has 1 aromatic rings. The lowest BCUT2D eigenvalue weighted by Crippen LogP contribution is -2.36. The van der Waals surface area contributed by atoms with Crippen molar-refractivity contribution in [2.24, 2.45) is 5.92 Å². The van der Waals surface area contributed by atoms with E-state index in [1.54, 1.807) is 6.92 Å². The minimum atomic E-state index is -3.99. The number of amides is 1. The number of carbonyl (C=O) groups excluding carboxylic acids is 1. The van der Waals surface area contributed by atoms with E-state index < -0.39 is 20.8 Å². The Morgan fingerprint density at radius 3 is 2.37 bits per heavy atom. The van der Waals surface area contributed by atoms with E-state index in [2.05, 4.69) is 5.32 Å². The first kappa shape index (κ1) is 15.9. The van der Waals surface area contributed by atoms with Gasteiger partial charge < -0.3 is 5.32 Å². The predicted octanol–water partition coefficient (Wildman–Crippen LogP) is 2.53. The van der Waals surface area contributed by atoms with Gasteiger partial charge >= 0.3 is 0 Å². The van der Waals surface area contributed by atoms with Crippen molar-refractivity contribution in [3.63, 3.8) is 0 Å². The highest BCUT2D eigenvalue weighted by Gasteiger charge is 2.19. The third-order valence-corrected chi connectivity index (χ3v) is 4.17. The second kappa shape index (κ2) is 5.88. The van der Waals surface area contributed by atoms with Crippen LogP contribution in [0.2, 0.25) is 0 Å². The first-order valence-electron chi connectivity index (χ1n) is 5.68. The summed E-state index contributed by atoms with van der Waals surface area (Å²) in [5, 5.41) is 2.60. The minimum Gasteiger partial charge on any atom is -0.349 e. The summed E-state index contributed by atoms with van der Waals surface area (Å²) in [7, 11) is 1.17. The Morgan fingerprint density at radius 1 is 1.32 bits per heavy atom. The van der Waals surface area contributed by atoms with Crippen LogP contribution in [0.1, 0.15) is 31.1 Å². The lowest BCUT2D eigenvalue weighted by molar-refractivity contribution is 0.0926. The maximum Gasteiger partial charge on any atom is 0.261 e. The van der Waals surface area contributed by atoms with Gasteiger partial charge in [0.1, 0.15) is 5.82 Å². The van der Waals surface area contributed by atoms with Crippen molar-refractivity contribution in [1.29, 1.82) is 0 Å². The second-order valence-electron chi connectivity index (χ2n) is 4.59. The van der Waals surface area contributed by atoms with Gasteiger partial charge in [-0.2, -0.15) is 0 Å². The summed E-state index contributed by atoms with van der Waals surface area (Å²) in [6, 6.07) is 2.69. The van der Waals surface area contributed by atoms with Gasteiger partial charge in [0.2, 0.25) is 0 Å². The van der Waals surface area contributed by atoms with Crippen molar-refractivity contribution < 1.29 is 17.6 Å². The standard InChI is InChI=1S/C12H15ClFNO3S/c1-7(2)8(3)15-12(16)10-6-9(19(13,17)18)4-5-11(10)14/h4-8H,1-3H3,(H,15,16). The first-order chi connectivity index (χ1) is 8.62. The number of hydrogen-bond donors (Lipinski definition) is 1. The quantitative estimate of drug-likeness (QED) is 0.869. The summed E-state index contributed by atoms with van der Waals surface area (Å²) in [6.45, 7) is 5.59. The van der Waals surface area contributed by atoms with E-state index in [1.807, 2.05) is 13.8 Å². The molecule has 0 aliphatic heterocycles. The van der Waals surface area contributed by atoms with Crippen LogP contribution in [0.3, 0.4) is 0 Å². The van der Waals surface area contributed by atoms with Crippen molar-refractivity contribution >= 4 is 25.6 Å². The van der Waals surface area contributed by atoms with E-state index in [1.165, 1.54) is 0 Å². The molecule has 1 N–H and O–H groups in total. The van der Waals surface area contributed by atoms with Crippen molar-refractivity contribution in [3.05, 3.63) is 29.6 Å². The van der Waals surface area contributed by atoms with Gasteiger partial charge in [0.15, 0.2) is 0 Å². The van der Waals surface area contributed by atoms with Crippen LogP contribution in [-0.4, -0.2) is 20.4 Å². The maximum absolute atomic E-state index is 13.6. The van der Waals surface area contributed by atoms with Crippen molar-refractivity contribution in [3.8, 4) is 0 Å². The lowest BCUT2D eigenvalue weighted by Gasteiger charge is -2.17. The third-order valence-electron chi connectivity index (χ3n) is 2.82. The summed E-state index contributed by atoms with van der Waals surface area (Å²) in [4.78, 5) is 11.6. The molecule has 1 atom stereocenters. The fourth-order valence-electron chi connectivity index (χ4n) is 1.28. The van der Waals surface area contributed by atoms with Crippen molar-refractivity contribution in [2.75, 3.05) is 0 Å². The molecule has 0 aliphatic carbocycles. The molecule has 1 amide bonds. The molecule has 7 heteroatoms. The van der Waals surface area contributed by atoms with Crippen LogP contribution in [0, 0.1) is 11.7 Å². The van der Waals surface area contributed by atoms with Crippen LogP contribution in [-0.2, 0) is 9.05 Å². The third kappa shape index (κ3) is 4.18. The van der Waals surface area contributed by atoms with Gasteiger partial charge in [-0.15, -0.1) is 0 Å². The fraction of sp³-hybridized carbons (Fsp3) is 0.417. The summed E-state index contributed by atoms with van der Waals surface area (Å²) in [6.07, 6.45) is 0. The van der Waals surface area contributed by atoms with E-state index in [-0.39, 0.29) is 22.4 Å². The molecule has 0 saturated heterocycles. The molecule has 1 rings (SSSR count). The molecular weight excluding hydrogens is 293 g/mol. The molecule has 0 aliphatic rings. The second-order valence-corrected chi connectivity index (χ2v) is 7.15. The molecule has 0 saturated carbocycles. The smallest absolute Gasteiger partial charge is 0.261 e. The molecule has 0 heterocycles. The molecule has 0 fully saturated rings. The molecule has 1 unspecified atom stereocenters. The van der Waals surface area contributed by atoms with Gasteiger partial charge in [-0.1, -0.05) is 13.8 Å².